The number of carbonyl (C=O) groups is 1. The van der Waals surface area contributed by atoms with E-state index < -0.39 is 22.0 Å². The molecule has 1 atom stereocenters. The second kappa shape index (κ2) is 10.2. The van der Waals surface area contributed by atoms with Gasteiger partial charge in [-0.05, 0) is 53.4 Å². The molecule has 0 bridgehead atoms. The summed E-state index contributed by atoms with van der Waals surface area (Å²) in [6.07, 6.45) is 0. The Morgan fingerprint density at radius 2 is 1.54 bits per heavy atom. The SMILES string of the molecule is CC(C)[C@H](NS(=O)(=O)c1ccc2c(c1)OCCO2)C(=O)Oc1ccc(-c2ccc(C#N)cc2)cc1. The zero-order chi connectivity index (χ0) is 25.0. The number of hydrogen-bond acceptors (Lipinski definition) is 7. The van der Waals surface area contributed by atoms with Crippen molar-refractivity contribution in [3.63, 3.8) is 0 Å². The number of esters is 1. The zero-order valence-corrected chi connectivity index (χ0v) is 20.0. The summed E-state index contributed by atoms with van der Waals surface area (Å²) >= 11 is 0. The Bertz CT molecular complexity index is 1360. The van der Waals surface area contributed by atoms with Gasteiger partial charge in [-0.2, -0.15) is 9.98 Å². The van der Waals surface area contributed by atoms with Gasteiger partial charge in [-0.25, -0.2) is 13.2 Å². The molecule has 0 saturated carbocycles. The van der Waals surface area contributed by atoms with E-state index in [0.717, 1.165) is 11.1 Å². The van der Waals surface area contributed by atoms with E-state index in [-0.39, 0.29) is 16.6 Å². The van der Waals surface area contributed by atoms with E-state index in [0.29, 0.717) is 30.3 Å². The lowest BCUT2D eigenvalue weighted by molar-refractivity contribution is -0.137. The van der Waals surface area contributed by atoms with Crippen LogP contribution in [0.25, 0.3) is 11.1 Å². The van der Waals surface area contributed by atoms with E-state index in [1.54, 1.807) is 50.2 Å². The summed E-state index contributed by atoms with van der Waals surface area (Å²) < 4.78 is 44.8. The fraction of sp³-hybridized carbons (Fsp3) is 0.231. The highest BCUT2D eigenvalue weighted by Crippen LogP contribution is 2.32. The normalized spacial score (nSPS) is 13.7. The lowest BCUT2D eigenvalue weighted by Gasteiger charge is -2.22. The fourth-order valence-corrected chi connectivity index (χ4v) is 4.86. The van der Waals surface area contributed by atoms with Crippen molar-refractivity contribution in [2.24, 2.45) is 5.92 Å². The van der Waals surface area contributed by atoms with Crippen molar-refractivity contribution in [3.05, 3.63) is 72.3 Å². The third-order valence-electron chi connectivity index (χ3n) is 5.45. The van der Waals surface area contributed by atoms with Crippen LogP contribution in [0.4, 0.5) is 0 Å². The van der Waals surface area contributed by atoms with Crippen molar-refractivity contribution in [2.75, 3.05) is 13.2 Å². The quantitative estimate of drug-likeness (QED) is 0.393. The van der Waals surface area contributed by atoms with Gasteiger partial charge in [0.05, 0.1) is 16.5 Å². The number of carbonyl (C=O) groups excluding carboxylic acids is 1. The van der Waals surface area contributed by atoms with E-state index >= 15 is 0 Å². The standard InChI is InChI=1S/C26H24N2O6S/c1-17(2)25(28-35(30,31)22-11-12-23-24(15-22)33-14-13-32-23)26(29)34-21-9-7-20(8-10-21)19-5-3-18(16-27)4-6-19/h3-12,15,17,25,28H,13-14H2,1-2H3/t25-/m0/s1. The minimum Gasteiger partial charge on any atom is -0.486 e. The van der Waals surface area contributed by atoms with Gasteiger partial charge in [0.2, 0.25) is 10.0 Å². The van der Waals surface area contributed by atoms with Crippen LogP contribution in [0.15, 0.2) is 71.6 Å². The highest BCUT2D eigenvalue weighted by molar-refractivity contribution is 7.89. The van der Waals surface area contributed by atoms with E-state index in [2.05, 4.69) is 10.8 Å². The van der Waals surface area contributed by atoms with Crippen LogP contribution in [-0.2, 0) is 14.8 Å². The molecule has 180 valence electrons. The van der Waals surface area contributed by atoms with Crippen molar-refractivity contribution in [1.82, 2.24) is 4.72 Å². The number of rotatable bonds is 7. The molecule has 1 aliphatic rings. The molecule has 0 amide bonds. The predicted molar refractivity (Wildman–Crippen MR) is 129 cm³/mol. The maximum Gasteiger partial charge on any atom is 0.329 e. The molecule has 0 radical (unpaired) electrons. The molecule has 8 nitrogen and oxygen atoms in total. The Morgan fingerprint density at radius 3 is 2.14 bits per heavy atom. The number of fused-ring (bicyclic) bond motifs is 1. The summed E-state index contributed by atoms with van der Waals surface area (Å²) in [5.74, 6) is 0.0147. The third-order valence-corrected chi connectivity index (χ3v) is 6.89. The minimum absolute atomic E-state index is 0.0352. The van der Waals surface area contributed by atoms with Gasteiger partial charge in [0.25, 0.3) is 0 Å². The predicted octanol–water partition coefficient (Wildman–Crippen LogP) is 3.90. The van der Waals surface area contributed by atoms with Gasteiger partial charge >= 0.3 is 5.97 Å². The van der Waals surface area contributed by atoms with Crippen molar-refractivity contribution >= 4 is 16.0 Å². The monoisotopic (exact) mass is 492 g/mol. The maximum absolute atomic E-state index is 13.0. The number of ether oxygens (including phenoxy) is 3. The molecule has 0 spiro atoms. The van der Waals surface area contributed by atoms with Crippen molar-refractivity contribution < 1.29 is 27.4 Å². The molecule has 0 saturated heterocycles. The molecule has 3 aromatic carbocycles. The molecule has 0 fully saturated rings. The van der Waals surface area contributed by atoms with Crippen LogP contribution in [0.5, 0.6) is 17.2 Å². The number of hydrogen-bond donors (Lipinski definition) is 1. The van der Waals surface area contributed by atoms with Gasteiger partial charge in [-0.3, -0.25) is 0 Å². The molecule has 1 N–H and O–H groups in total. The molecule has 1 aliphatic heterocycles. The minimum atomic E-state index is -4.03. The van der Waals surface area contributed by atoms with Crippen LogP contribution in [0, 0.1) is 17.2 Å². The molecule has 0 unspecified atom stereocenters. The molecular weight excluding hydrogens is 468 g/mol. The summed E-state index contributed by atoms with van der Waals surface area (Å²) in [5.41, 5.74) is 2.36. The topological polar surface area (TPSA) is 115 Å². The van der Waals surface area contributed by atoms with Crippen LogP contribution in [0.3, 0.4) is 0 Å². The van der Waals surface area contributed by atoms with Crippen LogP contribution in [-0.4, -0.2) is 33.6 Å². The number of nitriles is 1. The molecule has 4 rings (SSSR count). The van der Waals surface area contributed by atoms with Crippen molar-refractivity contribution in [2.45, 2.75) is 24.8 Å². The Balaban J connectivity index is 1.47. The third kappa shape index (κ3) is 5.62. The number of benzene rings is 3. The molecule has 35 heavy (non-hydrogen) atoms. The average Bonchev–Trinajstić information content (AvgIpc) is 2.87. The Hall–Kier alpha value is -3.87. The molecule has 1 heterocycles. The lowest BCUT2D eigenvalue weighted by Crippen LogP contribution is -2.46. The summed E-state index contributed by atoms with van der Waals surface area (Å²) in [6, 6.07) is 19.2. The van der Waals surface area contributed by atoms with Gasteiger partial charge in [-0.15, -0.1) is 0 Å². The number of sulfonamides is 1. The summed E-state index contributed by atoms with van der Waals surface area (Å²) in [4.78, 5) is 12.9. The second-order valence-electron chi connectivity index (χ2n) is 8.28. The van der Waals surface area contributed by atoms with Crippen LogP contribution >= 0.6 is 0 Å². The lowest BCUT2D eigenvalue weighted by atomic mass is 10.0. The molecular formula is C26H24N2O6S. The highest BCUT2D eigenvalue weighted by atomic mass is 32.2. The van der Waals surface area contributed by atoms with Gasteiger partial charge in [-0.1, -0.05) is 38.1 Å². The molecule has 3 aromatic rings. The first-order valence-electron chi connectivity index (χ1n) is 11.0. The van der Waals surface area contributed by atoms with Gasteiger partial charge in [0.1, 0.15) is 25.0 Å². The molecule has 9 heteroatoms. The van der Waals surface area contributed by atoms with Gasteiger partial charge in [0, 0.05) is 6.07 Å². The Kier molecular flexibility index (Phi) is 7.05. The number of nitrogens with one attached hydrogen (secondary N) is 1. The summed E-state index contributed by atoms with van der Waals surface area (Å²) in [5, 5.41) is 8.93. The summed E-state index contributed by atoms with van der Waals surface area (Å²) in [7, 11) is -4.03. The maximum atomic E-state index is 13.0. The van der Waals surface area contributed by atoms with Gasteiger partial charge in [0.15, 0.2) is 11.5 Å². The second-order valence-corrected chi connectivity index (χ2v) is 10.00. The smallest absolute Gasteiger partial charge is 0.329 e. The van der Waals surface area contributed by atoms with E-state index in [4.69, 9.17) is 19.5 Å². The van der Waals surface area contributed by atoms with E-state index in [1.165, 1.54) is 18.2 Å². The van der Waals surface area contributed by atoms with Crippen LogP contribution in [0.1, 0.15) is 19.4 Å². The first kappa shape index (κ1) is 24.3. The average molecular weight is 493 g/mol. The van der Waals surface area contributed by atoms with Crippen molar-refractivity contribution in [1.29, 1.82) is 5.26 Å². The largest absolute Gasteiger partial charge is 0.486 e. The zero-order valence-electron chi connectivity index (χ0n) is 19.2. The van der Waals surface area contributed by atoms with Crippen LogP contribution < -0.4 is 18.9 Å². The first-order valence-corrected chi connectivity index (χ1v) is 12.5. The first-order chi connectivity index (χ1) is 16.8. The Labute approximate surface area is 204 Å². The summed E-state index contributed by atoms with van der Waals surface area (Å²) in [6.45, 7) is 4.18. The van der Waals surface area contributed by atoms with E-state index in [9.17, 15) is 13.2 Å². The van der Waals surface area contributed by atoms with Gasteiger partial charge < -0.3 is 14.2 Å². The van der Waals surface area contributed by atoms with Crippen molar-refractivity contribution in [3.8, 4) is 34.4 Å². The Morgan fingerprint density at radius 1 is 0.943 bits per heavy atom. The number of nitrogens with zero attached hydrogens (tertiary/aromatic N) is 1. The molecule has 0 aliphatic carbocycles. The van der Waals surface area contributed by atoms with Crippen LogP contribution in [0.2, 0.25) is 0 Å². The molecule has 0 aromatic heterocycles. The fourth-order valence-electron chi connectivity index (χ4n) is 3.51. The van der Waals surface area contributed by atoms with E-state index in [1.807, 2.05) is 12.1 Å². The highest BCUT2D eigenvalue weighted by Gasteiger charge is 2.31.